The van der Waals surface area contributed by atoms with Gasteiger partial charge >= 0.3 is 0 Å². The summed E-state index contributed by atoms with van der Waals surface area (Å²) < 4.78 is 13.6. The Morgan fingerprint density at radius 1 is 1.09 bits per heavy atom. The van der Waals surface area contributed by atoms with Crippen molar-refractivity contribution >= 4 is 40.9 Å². The van der Waals surface area contributed by atoms with Crippen molar-refractivity contribution in [2.45, 2.75) is 51.1 Å². The van der Waals surface area contributed by atoms with E-state index in [4.69, 9.17) is 31.2 Å². The van der Waals surface area contributed by atoms with Gasteiger partial charge in [-0.1, -0.05) is 73.6 Å². The van der Waals surface area contributed by atoms with E-state index in [1.165, 1.54) is 11.8 Å². The fourth-order valence-electron chi connectivity index (χ4n) is 4.85. The first kappa shape index (κ1) is 30.5. The monoisotopic (exact) mass is 617 g/mol. The van der Waals surface area contributed by atoms with Gasteiger partial charge in [-0.25, -0.2) is 4.68 Å². The summed E-state index contributed by atoms with van der Waals surface area (Å²) in [5.74, 6) is 2.69. The molecule has 224 valence electrons. The van der Waals surface area contributed by atoms with Gasteiger partial charge in [0.2, 0.25) is 11.1 Å². The highest BCUT2D eigenvalue weighted by Gasteiger charge is 2.35. The lowest BCUT2D eigenvalue weighted by Gasteiger charge is -2.29. The topological polar surface area (TPSA) is 90.3 Å². The first-order valence-electron chi connectivity index (χ1n) is 14.2. The first-order chi connectivity index (χ1) is 20.7. The average molecular weight is 618 g/mol. The molecule has 2 N–H and O–H groups in total. The molecule has 0 spiro atoms. The molecule has 2 heterocycles. The summed E-state index contributed by atoms with van der Waals surface area (Å²) >= 11 is 7.87. The van der Waals surface area contributed by atoms with E-state index in [1.54, 1.807) is 11.8 Å². The summed E-state index contributed by atoms with van der Waals surface area (Å²) in [6.45, 7) is 8.79. The third kappa shape index (κ3) is 7.17. The third-order valence-corrected chi connectivity index (χ3v) is 8.38. The largest absolute Gasteiger partial charge is 0.493 e. The molecular formula is C33H36ClN5O3S. The number of aryl methyl sites for hydroxylation is 1. The molecule has 1 atom stereocenters. The van der Waals surface area contributed by atoms with Gasteiger partial charge in [-0.2, -0.15) is 4.98 Å². The predicted molar refractivity (Wildman–Crippen MR) is 173 cm³/mol. The van der Waals surface area contributed by atoms with Crippen LogP contribution in [0.5, 0.6) is 11.5 Å². The Morgan fingerprint density at radius 2 is 1.91 bits per heavy atom. The maximum Gasteiger partial charge on any atom is 0.255 e. The highest BCUT2D eigenvalue weighted by atomic mass is 35.5. The molecule has 4 aromatic rings. The summed E-state index contributed by atoms with van der Waals surface area (Å²) in [4.78, 5) is 18.7. The van der Waals surface area contributed by atoms with Crippen molar-refractivity contribution in [3.05, 3.63) is 99.7 Å². The van der Waals surface area contributed by atoms with E-state index in [2.05, 4.69) is 24.5 Å². The van der Waals surface area contributed by atoms with Crippen LogP contribution < -0.4 is 20.1 Å². The number of anilines is 2. The van der Waals surface area contributed by atoms with Crippen LogP contribution in [-0.4, -0.2) is 34.4 Å². The zero-order valence-corrected chi connectivity index (χ0v) is 26.6. The van der Waals surface area contributed by atoms with Gasteiger partial charge in [-0.3, -0.25) is 4.79 Å². The lowest BCUT2D eigenvalue weighted by Crippen LogP contribution is -2.31. The standard InChI is InChI=1S/C33H36ClN5O3S/c1-20(2)15-16-42-27-14-13-23(18-28(27)41-5)30-29(31(40)36-25-11-8-9-21(3)17-25)22(4)35-32-37-33(38-39(30)32)43-19-24-10-6-7-12-26(24)34/h6-14,17-18,20,30H,15-16,19H2,1-5H3,(H,36,40)(H,35,37,38). The van der Waals surface area contributed by atoms with Gasteiger partial charge in [0.15, 0.2) is 11.5 Å². The Balaban J connectivity index is 1.51. The summed E-state index contributed by atoms with van der Waals surface area (Å²) in [5, 5.41) is 12.5. The highest BCUT2D eigenvalue weighted by Crippen LogP contribution is 2.40. The number of methoxy groups -OCH3 is 1. The lowest BCUT2D eigenvalue weighted by molar-refractivity contribution is -0.113. The molecule has 3 aromatic carbocycles. The maximum atomic E-state index is 13.9. The number of thioether (sulfide) groups is 1. The second-order valence-electron chi connectivity index (χ2n) is 10.9. The van der Waals surface area contributed by atoms with E-state index in [1.807, 2.05) is 80.6 Å². The van der Waals surface area contributed by atoms with Gasteiger partial charge in [0, 0.05) is 22.2 Å². The smallest absolute Gasteiger partial charge is 0.255 e. The Bertz CT molecular complexity index is 1650. The SMILES string of the molecule is COc1cc(C2C(C(=O)Nc3cccc(C)c3)=C(C)Nc3nc(SCc4ccccc4Cl)nn32)ccc1OCCC(C)C. The second-order valence-corrected chi connectivity index (χ2v) is 12.2. The van der Waals surface area contributed by atoms with Crippen LogP contribution in [0.15, 0.2) is 83.2 Å². The number of hydrogen-bond donors (Lipinski definition) is 2. The van der Waals surface area contributed by atoms with E-state index in [0.717, 1.165) is 28.8 Å². The summed E-state index contributed by atoms with van der Waals surface area (Å²) in [6, 6.07) is 20.7. The molecule has 0 fully saturated rings. The lowest BCUT2D eigenvalue weighted by atomic mass is 9.94. The predicted octanol–water partition coefficient (Wildman–Crippen LogP) is 7.89. The number of ether oxygens (including phenoxy) is 2. The quantitative estimate of drug-likeness (QED) is 0.165. The van der Waals surface area contributed by atoms with Crippen molar-refractivity contribution in [1.29, 1.82) is 0 Å². The molecule has 0 bridgehead atoms. The van der Waals surface area contributed by atoms with Crippen LogP contribution >= 0.6 is 23.4 Å². The fourth-order valence-corrected chi connectivity index (χ4v) is 5.97. The molecule has 1 aliphatic heterocycles. The minimum Gasteiger partial charge on any atom is -0.493 e. The number of amides is 1. The van der Waals surface area contributed by atoms with Gasteiger partial charge in [-0.15, -0.1) is 5.10 Å². The van der Waals surface area contributed by atoms with E-state index >= 15 is 0 Å². The number of aromatic nitrogens is 3. The number of nitrogens with zero attached hydrogens (tertiary/aromatic N) is 3. The molecule has 1 aromatic heterocycles. The fraction of sp³-hybridized carbons (Fsp3) is 0.303. The van der Waals surface area contributed by atoms with Crippen molar-refractivity contribution < 1.29 is 14.3 Å². The zero-order valence-electron chi connectivity index (χ0n) is 25.0. The van der Waals surface area contributed by atoms with Gasteiger partial charge in [0.1, 0.15) is 6.04 Å². The number of carbonyl (C=O) groups is 1. The molecule has 1 unspecified atom stereocenters. The van der Waals surface area contributed by atoms with Crippen LogP contribution in [0.2, 0.25) is 5.02 Å². The van der Waals surface area contributed by atoms with E-state index in [0.29, 0.717) is 57.2 Å². The van der Waals surface area contributed by atoms with Crippen LogP contribution in [0, 0.1) is 12.8 Å². The molecule has 0 aliphatic carbocycles. The van der Waals surface area contributed by atoms with Crippen molar-refractivity contribution in [3.63, 3.8) is 0 Å². The summed E-state index contributed by atoms with van der Waals surface area (Å²) in [5.41, 5.74) is 4.80. The minimum absolute atomic E-state index is 0.233. The molecule has 0 radical (unpaired) electrons. The maximum absolute atomic E-state index is 13.9. The second kappa shape index (κ2) is 13.6. The molecule has 1 aliphatic rings. The van der Waals surface area contributed by atoms with Crippen LogP contribution in [0.4, 0.5) is 11.6 Å². The van der Waals surface area contributed by atoms with Crippen LogP contribution in [-0.2, 0) is 10.5 Å². The number of halogens is 1. The molecule has 0 saturated carbocycles. The molecule has 8 nitrogen and oxygen atoms in total. The van der Waals surface area contributed by atoms with Crippen molar-refractivity contribution in [2.24, 2.45) is 5.92 Å². The van der Waals surface area contributed by atoms with Gasteiger partial charge in [-0.05, 0) is 73.2 Å². The Hall–Kier alpha value is -3.95. The number of rotatable bonds is 11. The molecule has 1 amide bonds. The van der Waals surface area contributed by atoms with Crippen molar-refractivity contribution in [2.75, 3.05) is 24.4 Å². The summed E-state index contributed by atoms with van der Waals surface area (Å²) in [6.07, 6.45) is 0.932. The number of carbonyl (C=O) groups excluding carboxylic acids is 1. The minimum atomic E-state index is -0.568. The molecule has 10 heteroatoms. The Kier molecular flexibility index (Phi) is 9.62. The number of nitrogens with one attached hydrogen (secondary N) is 2. The summed E-state index contributed by atoms with van der Waals surface area (Å²) in [7, 11) is 1.62. The van der Waals surface area contributed by atoms with Crippen LogP contribution in [0.25, 0.3) is 0 Å². The molecule has 43 heavy (non-hydrogen) atoms. The average Bonchev–Trinajstić information content (AvgIpc) is 3.38. The van der Waals surface area contributed by atoms with Crippen molar-refractivity contribution in [1.82, 2.24) is 14.8 Å². The van der Waals surface area contributed by atoms with Gasteiger partial charge < -0.3 is 20.1 Å². The number of fused-ring (bicyclic) bond motifs is 1. The third-order valence-electron chi connectivity index (χ3n) is 7.12. The van der Waals surface area contributed by atoms with E-state index in [9.17, 15) is 4.79 Å². The first-order valence-corrected chi connectivity index (χ1v) is 15.6. The van der Waals surface area contributed by atoms with Gasteiger partial charge in [0.25, 0.3) is 5.91 Å². The molecule has 5 rings (SSSR count). The Labute approximate surface area is 261 Å². The number of hydrogen-bond acceptors (Lipinski definition) is 7. The van der Waals surface area contributed by atoms with Crippen LogP contribution in [0.3, 0.4) is 0 Å². The molecule has 0 saturated heterocycles. The Morgan fingerprint density at radius 3 is 2.65 bits per heavy atom. The number of benzene rings is 3. The highest BCUT2D eigenvalue weighted by molar-refractivity contribution is 7.98. The van der Waals surface area contributed by atoms with Gasteiger partial charge in [0.05, 0.1) is 19.3 Å². The zero-order chi connectivity index (χ0) is 30.5. The number of allylic oxidation sites excluding steroid dienone is 1. The van der Waals surface area contributed by atoms with E-state index < -0.39 is 6.04 Å². The normalized spacial score (nSPS) is 14.3. The van der Waals surface area contributed by atoms with Crippen LogP contribution in [0.1, 0.15) is 49.9 Å². The molecular weight excluding hydrogens is 582 g/mol. The van der Waals surface area contributed by atoms with E-state index in [-0.39, 0.29) is 5.91 Å². The van der Waals surface area contributed by atoms with Crippen molar-refractivity contribution in [3.8, 4) is 11.5 Å².